The number of rotatable bonds is 5. The van der Waals surface area contributed by atoms with Gasteiger partial charge in [-0.1, -0.05) is 29.8 Å². The number of aryl methyl sites for hydroxylation is 1. The Hall–Kier alpha value is -3.81. The Morgan fingerprint density at radius 2 is 1.71 bits per heavy atom. The molecule has 0 unspecified atom stereocenters. The molecule has 6 nitrogen and oxygen atoms in total. The first kappa shape index (κ1) is 22.0. The van der Waals surface area contributed by atoms with Crippen LogP contribution < -0.4 is 10.9 Å². The highest BCUT2D eigenvalue weighted by Gasteiger charge is 2.10. The lowest BCUT2D eigenvalue weighted by Gasteiger charge is -2.09. The van der Waals surface area contributed by atoms with Crippen molar-refractivity contribution < 1.29 is 4.79 Å². The molecule has 0 aliphatic heterocycles. The molecule has 0 saturated heterocycles. The first-order valence-electron chi connectivity index (χ1n) is 10.6. The normalized spacial score (nSPS) is 11.0. The smallest absolute Gasteiger partial charge is 0.267 e. The average molecular weight is 487 g/mol. The standard InChI is InChI=1S/C26H19ClN4O2S/c1-16-2-11-22-23(14-16)34-26(29-22)18-5-9-20(10-6-18)28-24(32)15-31-25(33)13-12-21(30-31)17-3-7-19(27)8-4-17/h2-14H,15H2,1H3,(H,28,32). The number of benzene rings is 3. The number of hydrogen-bond donors (Lipinski definition) is 1. The number of nitrogens with one attached hydrogen (secondary N) is 1. The van der Waals surface area contributed by atoms with E-state index >= 15 is 0 Å². The van der Waals surface area contributed by atoms with Crippen LogP contribution in [0, 0.1) is 6.92 Å². The molecule has 0 bridgehead atoms. The number of anilines is 1. The summed E-state index contributed by atoms with van der Waals surface area (Å²) in [5.41, 5.74) is 4.82. The molecular formula is C26H19ClN4O2S. The van der Waals surface area contributed by atoms with Crippen LogP contribution in [0.25, 0.3) is 32.0 Å². The SMILES string of the molecule is Cc1ccc2nc(-c3ccc(NC(=O)Cn4nc(-c5ccc(Cl)cc5)ccc4=O)cc3)sc2c1. The average Bonchev–Trinajstić information content (AvgIpc) is 3.25. The maximum Gasteiger partial charge on any atom is 0.267 e. The number of fused-ring (bicyclic) bond motifs is 1. The van der Waals surface area contributed by atoms with Crippen LogP contribution in [-0.2, 0) is 11.3 Å². The predicted molar refractivity (Wildman–Crippen MR) is 137 cm³/mol. The zero-order valence-electron chi connectivity index (χ0n) is 18.2. The second-order valence-electron chi connectivity index (χ2n) is 7.84. The van der Waals surface area contributed by atoms with Gasteiger partial charge in [-0.05, 0) is 67.1 Å². The second kappa shape index (κ2) is 9.21. The minimum absolute atomic E-state index is 0.195. The fourth-order valence-corrected chi connectivity index (χ4v) is 4.72. The summed E-state index contributed by atoms with van der Waals surface area (Å²) in [5.74, 6) is -0.342. The van der Waals surface area contributed by atoms with Crippen LogP contribution in [-0.4, -0.2) is 20.7 Å². The molecule has 0 saturated carbocycles. The summed E-state index contributed by atoms with van der Waals surface area (Å²) < 4.78 is 2.29. The van der Waals surface area contributed by atoms with Gasteiger partial charge in [0.25, 0.3) is 5.56 Å². The fraction of sp³-hybridized carbons (Fsp3) is 0.0769. The zero-order valence-corrected chi connectivity index (χ0v) is 19.7. The maximum absolute atomic E-state index is 12.6. The van der Waals surface area contributed by atoms with E-state index in [9.17, 15) is 9.59 Å². The highest BCUT2D eigenvalue weighted by Crippen LogP contribution is 2.31. The molecule has 0 aliphatic carbocycles. The summed E-state index contributed by atoms with van der Waals surface area (Å²) in [6.07, 6.45) is 0. The molecule has 168 valence electrons. The molecular weight excluding hydrogens is 468 g/mol. The lowest BCUT2D eigenvalue weighted by molar-refractivity contribution is -0.117. The van der Waals surface area contributed by atoms with Crippen molar-refractivity contribution in [3.63, 3.8) is 0 Å². The highest BCUT2D eigenvalue weighted by atomic mass is 35.5. The largest absolute Gasteiger partial charge is 0.324 e. The first-order valence-corrected chi connectivity index (χ1v) is 11.8. The Morgan fingerprint density at radius 1 is 0.971 bits per heavy atom. The molecule has 0 spiro atoms. The summed E-state index contributed by atoms with van der Waals surface area (Å²) in [7, 11) is 0. The number of hydrogen-bond acceptors (Lipinski definition) is 5. The monoisotopic (exact) mass is 486 g/mol. The van der Waals surface area contributed by atoms with Crippen molar-refractivity contribution in [2.75, 3.05) is 5.32 Å². The number of aromatic nitrogens is 3. The van der Waals surface area contributed by atoms with E-state index in [2.05, 4.69) is 29.5 Å². The molecule has 8 heteroatoms. The summed E-state index contributed by atoms with van der Waals surface area (Å²) in [4.78, 5) is 29.5. The molecule has 1 N–H and O–H groups in total. The van der Waals surface area contributed by atoms with Gasteiger partial charge in [-0.3, -0.25) is 9.59 Å². The van der Waals surface area contributed by atoms with E-state index in [1.807, 2.05) is 42.5 Å². The van der Waals surface area contributed by atoms with E-state index in [1.54, 1.807) is 29.5 Å². The Labute approximate surface area is 204 Å². The zero-order chi connectivity index (χ0) is 23.7. The van der Waals surface area contributed by atoms with E-state index < -0.39 is 0 Å². The third-order valence-corrected chi connectivity index (χ3v) is 6.58. The highest BCUT2D eigenvalue weighted by molar-refractivity contribution is 7.21. The second-order valence-corrected chi connectivity index (χ2v) is 9.30. The van der Waals surface area contributed by atoms with Crippen molar-refractivity contribution in [1.82, 2.24) is 14.8 Å². The van der Waals surface area contributed by atoms with Gasteiger partial charge in [-0.2, -0.15) is 5.10 Å². The van der Waals surface area contributed by atoms with Crippen molar-refractivity contribution in [2.24, 2.45) is 0 Å². The number of amides is 1. The van der Waals surface area contributed by atoms with Crippen LogP contribution >= 0.6 is 22.9 Å². The molecule has 0 fully saturated rings. The van der Waals surface area contributed by atoms with Gasteiger partial charge in [0.05, 0.1) is 15.9 Å². The van der Waals surface area contributed by atoms with Gasteiger partial charge >= 0.3 is 0 Å². The van der Waals surface area contributed by atoms with Gasteiger partial charge < -0.3 is 5.32 Å². The number of carbonyl (C=O) groups is 1. The number of nitrogens with zero attached hydrogens (tertiary/aromatic N) is 3. The quantitative estimate of drug-likeness (QED) is 0.341. The van der Waals surface area contributed by atoms with Crippen LogP contribution in [0.15, 0.2) is 83.7 Å². The van der Waals surface area contributed by atoms with Gasteiger partial charge in [-0.15, -0.1) is 11.3 Å². The lowest BCUT2D eigenvalue weighted by atomic mass is 10.1. The summed E-state index contributed by atoms with van der Waals surface area (Å²) in [6, 6.07) is 23.9. The fourth-order valence-electron chi connectivity index (χ4n) is 3.52. The first-order chi connectivity index (χ1) is 16.4. The van der Waals surface area contributed by atoms with Crippen molar-refractivity contribution in [1.29, 1.82) is 0 Å². The lowest BCUT2D eigenvalue weighted by Crippen LogP contribution is -2.29. The van der Waals surface area contributed by atoms with Crippen LogP contribution in [0.3, 0.4) is 0 Å². The number of halogens is 1. The van der Waals surface area contributed by atoms with Gasteiger partial charge in [-0.25, -0.2) is 9.67 Å². The molecule has 5 rings (SSSR count). The van der Waals surface area contributed by atoms with Crippen LogP contribution in [0.2, 0.25) is 5.02 Å². The number of carbonyl (C=O) groups excluding carboxylic acids is 1. The molecule has 5 aromatic rings. The molecule has 0 radical (unpaired) electrons. The summed E-state index contributed by atoms with van der Waals surface area (Å²) >= 11 is 7.57. The molecule has 1 amide bonds. The molecule has 2 aromatic heterocycles. The maximum atomic E-state index is 12.6. The van der Waals surface area contributed by atoms with E-state index in [0.29, 0.717) is 16.4 Å². The Morgan fingerprint density at radius 3 is 2.47 bits per heavy atom. The Kier molecular flexibility index (Phi) is 5.96. The van der Waals surface area contributed by atoms with E-state index in [1.165, 1.54) is 11.6 Å². The van der Waals surface area contributed by atoms with E-state index in [-0.39, 0.29) is 18.0 Å². The van der Waals surface area contributed by atoms with Gasteiger partial charge in [0, 0.05) is 27.9 Å². The Bertz CT molecular complexity index is 1560. The summed E-state index contributed by atoms with van der Waals surface area (Å²) in [5, 5.41) is 8.69. The van der Waals surface area contributed by atoms with Crippen LogP contribution in [0.5, 0.6) is 0 Å². The molecule has 34 heavy (non-hydrogen) atoms. The van der Waals surface area contributed by atoms with Gasteiger partial charge in [0.15, 0.2) is 0 Å². The van der Waals surface area contributed by atoms with Crippen LogP contribution in [0.1, 0.15) is 5.56 Å². The minimum atomic E-state index is -0.353. The predicted octanol–water partition coefficient (Wildman–Crippen LogP) is 5.79. The van der Waals surface area contributed by atoms with Gasteiger partial charge in [0.2, 0.25) is 5.91 Å². The summed E-state index contributed by atoms with van der Waals surface area (Å²) in [6.45, 7) is 1.87. The molecule has 0 atom stereocenters. The third-order valence-electron chi connectivity index (χ3n) is 5.26. The third kappa shape index (κ3) is 4.76. The topological polar surface area (TPSA) is 76.9 Å². The van der Waals surface area contributed by atoms with Crippen molar-refractivity contribution >= 4 is 44.7 Å². The Balaban J connectivity index is 1.29. The van der Waals surface area contributed by atoms with Gasteiger partial charge in [0.1, 0.15) is 11.6 Å². The van der Waals surface area contributed by atoms with Crippen LogP contribution in [0.4, 0.5) is 5.69 Å². The minimum Gasteiger partial charge on any atom is -0.324 e. The molecule has 2 heterocycles. The van der Waals surface area contributed by atoms with Crippen molar-refractivity contribution in [2.45, 2.75) is 13.5 Å². The van der Waals surface area contributed by atoms with E-state index in [0.717, 1.165) is 31.0 Å². The van der Waals surface area contributed by atoms with E-state index in [4.69, 9.17) is 16.6 Å². The van der Waals surface area contributed by atoms with Crippen molar-refractivity contribution in [3.05, 3.63) is 99.8 Å². The van der Waals surface area contributed by atoms with Crippen molar-refractivity contribution in [3.8, 4) is 21.8 Å². The molecule has 3 aromatic carbocycles. The molecule has 0 aliphatic rings. The number of thiazole rings is 1.